The van der Waals surface area contributed by atoms with Crippen LogP contribution in [0.4, 0.5) is 0 Å². The summed E-state index contributed by atoms with van der Waals surface area (Å²) in [7, 11) is 0. The molecular weight excluding hydrogens is 208 g/mol. The van der Waals surface area contributed by atoms with Gasteiger partial charge >= 0.3 is 5.97 Å². The number of ether oxygens (including phenoxy) is 1. The first-order valence-electron chi connectivity index (χ1n) is 5.30. The molecule has 2 N–H and O–H groups in total. The van der Waals surface area contributed by atoms with E-state index in [0.29, 0.717) is 5.75 Å². The largest absolute Gasteiger partial charge is 0.508 e. The van der Waals surface area contributed by atoms with Gasteiger partial charge in [-0.3, -0.25) is 4.79 Å². The minimum atomic E-state index is -0.745. The highest BCUT2D eigenvalue weighted by Crippen LogP contribution is 2.31. The Hall–Kier alpha value is -1.71. The number of aliphatic carboxylic acids is 1. The van der Waals surface area contributed by atoms with Gasteiger partial charge in [0.2, 0.25) is 0 Å². The average molecular weight is 224 g/mol. The number of fused-ring (bicyclic) bond motifs is 1. The van der Waals surface area contributed by atoms with Crippen LogP contribution in [0.3, 0.4) is 0 Å². The highest BCUT2D eigenvalue weighted by atomic mass is 16.5. The van der Waals surface area contributed by atoms with Crippen molar-refractivity contribution >= 4 is 5.97 Å². The van der Waals surface area contributed by atoms with Gasteiger partial charge < -0.3 is 14.9 Å². The first-order valence-corrected chi connectivity index (χ1v) is 5.30. The van der Waals surface area contributed by atoms with Crippen molar-refractivity contribution in [2.45, 2.75) is 26.2 Å². The predicted molar refractivity (Wildman–Crippen MR) is 59.8 cm³/mol. The van der Waals surface area contributed by atoms with Crippen LogP contribution in [-0.4, -0.2) is 22.8 Å². The molecular formula is C12H16O4. The first kappa shape index (κ1) is 12.4. The molecule has 4 nitrogen and oxygen atoms in total. The zero-order valence-electron chi connectivity index (χ0n) is 9.27. The van der Waals surface area contributed by atoms with Gasteiger partial charge in [-0.25, -0.2) is 0 Å². The summed E-state index contributed by atoms with van der Waals surface area (Å²) in [6, 6.07) is 5.40. The molecule has 1 aliphatic rings. The van der Waals surface area contributed by atoms with Crippen LogP contribution in [0, 0.1) is 0 Å². The van der Waals surface area contributed by atoms with Crippen molar-refractivity contribution in [2.24, 2.45) is 0 Å². The Balaban J connectivity index is 0.000000221. The maximum atomic E-state index is 9.38. The Morgan fingerprint density at radius 2 is 2.19 bits per heavy atom. The lowest BCUT2D eigenvalue weighted by Gasteiger charge is -2.17. The lowest BCUT2D eigenvalue weighted by atomic mass is 10.1. The smallest absolute Gasteiger partial charge is 0.303 e. The van der Waals surface area contributed by atoms with E-state index in [0.717, 1.165) is 30.8 Å². The minimum absolute atomic E-state index is 0.222. The van der Waals surface area contributed by atoms with Gasteiger partial charge in [-0.1, -0.05) is 13.0 Å². The van der Waals surface area contributed by atoms with E-state index >= 15 is 0 Å². The minimum Gasteiger partial charge on any atom is -0.508 e. The molecule has 1 aliphatic heterocycles. The van der Waals surface area contributed by atoms with Crippen LogP contribution in [0.15, 0.2) is 18.2 Å². The second-order valence-electron chi connectivity index (χ2n) is 3.45. The molecule has 0 radical (unpaired) electrons. The molecule has 0 saturated heterocycles. The van der Waals surface area contributed by atoms with Crippen LogP contribution in [0.2, 0.25) is 0 Å². The summed E-state index contributed by atoms with van der Waals surface area (Å²) in [6.07, 6.45) is 2.16. The second kappa shape index (κ2) is 6.00. The fraction of sp³-hybridized carbons (Fsp3) is 0.417. The van der Waals surface area contributed by atoms with Crippen LogP contribution in [0.5, 0.6) is 11.5 Å². The number of hydrogen-bond donors (Lipinski definition) is 2. The average Bonchev–Trinajstić information content (AvgIpc) is 2.30. The molecule has 1 aromatic rings. The molecule has 0 spiro atoms. The topological polar surface area (TPSA) is 66.8 Å². The maximum absolute atomic E-state index is 9.38. The fourth-order valence-electron chi connectivity index (χ4n) is 1.37. The quantitative estimate of drug-likeness (QED) is 0.767. The van der Waals surface area contributed by atoms with Crippen LogP contribution < -0.4 is 4.74 Å². The summed E-state index contributed by atoms with van der Waals surface area (Å²) >= 11 is 0. The molecule has 1 heterocycles. The SMILES string of the molecule is CCC(=O)O.Oc1cccc2c1CCCO2. The van der Waals surface area contributed by atoms with E-state index in [1.807, 2.05) is 6.07 Å². The van der Waals surface area contributed by atoms with Gasteiger partial charge in [0.25, 0.3) is 0 Å². The van der Waals surface area contributed by atoms with E-state index in [4.69, 9.17) is 9.84 Å². The lowest BCUT2D eigenvalue weighted by molar-refractivity contribution is -0.136. The summed E-state index contributed by atoms with van der Waals surface area (Å²) in [5.41, 5.74) is 0.957. The molecule has 4 heteroatoms. The van der Waals surface area contributed by atoms with Crippen molar-refractivity contribution in [3.63, 3.8) is 0 Å². The summed E-state index contributed by atoms with van der Waals surface area (Å²) in [6.45, 7) is 2.37. The highest BCUT2D eigenvalue weighted by Gasteiger charge is 2.12. The Labute approximate surface area is 94.5 Å². The number of carboxylic acid groups (broad SMARTS) is 1. The monoisotopic (exact) mass is 224 g/mol. The van der Waals surface area contributed by atoms with Crippen molar-refractivity contribution in [3.05, 3.63) is 23.8 Å². The van der Waals surface area contributed by atoms with Gasteiger partial charge in [-0.15, -0.1) is 0 Å². The standard InChI is InChI=1S/C9H10O2.C3H6O2/c10-8-4-1-5-9-7(8)3-2-6-11-9;1-2-3(4)5/h1,4-5,10H,2-3,6H2;2H2,1H3,(H,4,5). The van der Waals surface area contributed by atoms with Crippen molar-refractivity contribution in [1.29, 1.82) is 0 Å². The normalized spacial score (nSPS) is 12.8. The third-order valence-electron chi connectivity index (χ3n) is 2.24. The predicted octanol–water partition coefficient (Wildman–Crippen LogP) is 2.20. The van der Waals surface area contributed by atoms with Gasteiger partial charge in [-0.05, 0) is 25.0 Å². The maximum Gasteiger partial charge on any atom is 0.303 e. The Morgan fingerprint density at radius 3 is 2.75 bits per heavy atom. The molecule has 0 saturated carbocycles. The van der Waals surface area contributed by atoms with Crippen molar-refractivity contribution in [3.8, 4) is 11.5 Å². The molecule has 0 fully saturated rings. The molecule has 2 rings (SSSR count). The third-order valence-corrected chi connectivity index (χ3v) is 2.24. The van der Waals surface area contributed by atoms with Gasteiger partial charge in [-0.2, -0.15) is 0 Å². The van der Waals surface area contributed by atoms with Gasteiger partial charge in [0.05, 0.1) is 6.61 Å². The van der Waals surface area contributed by atoms with E-state index < -0.39 is 5.97 Å². The number of carboxylic acids is 1. The third kappa shape index (κ3) is 3.46. The number of hydrogen-bond acceptors (Lipinski definition) is 3. The number of benzene rings is 1. The van der Waals surface area contributed by atoms with E-state index in [-0.39, 0.29) is 6.42 Å². The molecule has 1 aromatic carbocycles. The number of rotatable bonds is 1. The highest BCUT2D eigenvalue weighted by molar-refractivity contribution is 5.66. The van der Waals surface area contributed by atoms with Crippen molar-refractivity contribution < 1.29 is 19.7 Å². The fourth-order valence-corrected chi connectivity index (χ4v) is 1.37. The Kier molecular flexibility index (Phi) is 4.64. The van der Waals surface area contributed by atoms with Gasteiger partial charge in [0.1, 0.15) is 11.5 Å². The van der Waals surface area contributed by atoms with Gasteiger partial charge in [0.15, 0.2) is 0 Å². The first-order chi connectivity index (χ1) is 7.65. The molecule has 0 unspecified atom stereocenters. The summed E-state index contributed by atoms with van der Waals surface area (Å²) in [5, 5.41) is 17.1. The zero-order chi connectivity index (χ0) is 12.0. The van der Waals surface area contributed by atoms with Crippen molar-refractivity contribution in [2.75, 3.05) is 6.61 Å². The van der Waals surface area contributed by atoms with Crippen LogP contribution in [0.1, 0.15) is 25.3 Å². The molecule has 0 amide bonds. The van der Waals surface area contributed by atoms with Gasteiger partial charge in [0, 0.05) is 12.0 Å². The van der Waals surface area contributed by atoms with Crippen LogP contribution in [0.25, 0.3) is 0 Å². The number of phenolic OH excluding ortho intramolecular Hbond substituents is 1. The zero-order valence-corrected chi connectivity index (χ0v) is 9.27. The number of phenols is 1. The second-order valence-corrected chi connectivity index (χ2v) is 3.45. The summed E-state index contributed by atoms with van der Waals surface area (Å²) in [5.74, 6) is 0.462. The van der Waals surface area contributed by atoms with Crippen LogP contribution >= 0.6 is 0 Å². The Bertz CT molecular complexity index is 360. The van der Waals surface area contributed by atoms with E-state index in [2.05, 4.69) is 0 Å². The molecule has 88 valence electrons. The summed E-state index contributed by atoms with van der Waals surface area (Å²) < 4.78 is 5.34. The van der Waals surface area contributed by atoms with E-state index in [1.54, 1.807) is 19.1 Å². The lowest BCUT2D eigenvalue weighted by Crippen LogP contribution is -2.07. The van der Waals surface area contributed by atoms with E-state index in [1.165, 1.54) is 0 Å². The molecule has 0 bridgehead atoms. The van der Waals surface area contributed by atoms with Crippen LogP contribution in [-0.2, 0) is 11.2 Å². The molecule has 0 atom stereocenters. The molecule has 0 aromatic heterocycles. The summed E-state index contributed by atoms with van der Waals surface area (Å²) in [4.78, 5) is 9.37. The number of aromatic hydroxyl groups is 1. The number of carbonyl (C=O) groups is 1. The van der Waals surface area contributed by atoms with E-state index in [9.17, 15) is 9.90 Å². The van der Waals surface area contributed by atoms with Crippen molar-refractivity contribution in [1.82, 2.24) is 0 Å². The Morgan fingerprint density at radius 1 is 1.50 bits per heavy atom. The molecule has 0 aliphatic carbocycles. The molecule has 16 heavy (non-hydrogen) atoms.